The van der Waals surface area contributed by atoms with Crippen molar-refractivity contribution < 1.29 is 18.7 Å². The number of carboxylic acids is 1. The maximum Gasteiger partial charge on any atom is 0.310 e. The number of alkyl halides is 2. The molecule has 0 bridgehead atoms. The number of likely N-dealkylation sites (tertiary alicyclic amines) is 1. The summed E-state index contributed by atoms with van der Waals surface area (Å²) in [4.78, 5) is 25.3. The topological polar surface area (TPSA) is 66.3 Å². The van der Waals surface area contributed by atoms with E-state index < -0.39 is 17.8 Å². The molecule has 1 fully saturated rings. The highest BCUT2D eigenvalue weighted by molar-refractivity contribution is 7.15. The van der Waals surface area contributed by atoms with Gasteiger partial charge in [-0.25, -0.2) is 18.7 Å². The number of thiophene rings is 1. The molecular formula is C23H31F2N3O2S. The van der Waals surface area contributed by atoms with E-state index in [4.69, 9.17) is 0 Å². The summed E-state index contributed by atoms with van der Waals surface area (Å²) in [5.41, 5.74) is -1.06. The van der Waals surface area contributed by atoms with Gasteiger partial charge in [0.05, 0.1) is 10.3 Å². The van der Waals surface area contributed by atoms with Crippen molar-refractivity contribution in [3.63, 3.8) is 0 Å². The third kappa shape index (κ3) is 6.07. The lowest BCUT2D eigenvalue weighted by molar-refractivity contribution is -0.157. The smallest absolute Gasteiger partial charge is 0.310 e. The molecule has 2 aromatic rings. The fourth-order valence-corrected chi connectivity index (χ4v) is 5.37. The van der Waals surface area contributed by atoms with Gasteiger partial charge in [0, 0.05) is 43.3 Å². The zero-order chi connectivity index (χ0) is 22.6. The van der Waals surface area contributed by atoms with Crippen molar-refractivity contribution in [1.82, 2.24) is 14.9 Å². The molecule has 8 heteroatoms. The zero-order valence-electron chi connectivity index (χ0n) is 18.4. The third-order valence-electron chi connectivity index (χ3n) is 6.23. The molecule has 31 heavy (non-hydrogen) atoms. The van der Waals surface area contributed by atoms with Crippen molar-refractivity contribution in [2.24, 2.45) is 16.7 Å². The second kappa shape index (κ2) is 9.69. The van der Waals surface area contributed by atoms with Crippen LogP contribution in [0.5, 0.6) is 0 Å². The second-order valence-corrected chi connectivity index (χ2v) is 10.8. The van der Waals surface area contributed by atoms with E-state index in [0.717, 1.165) is 16.3 Å². The summed E-state index contributed by atoms with van der Waals surface area (Å²) >= 11 is 1.61. The van der Waals surface area contributed by atoms with E-state index in [0.29, 0.717) is 25.3 Å². The number of hydrogen-bond acceptors (Lipinski definition) is 5. The lowest BCUT2D eigenvalue weighted by Gasteiger charge is -2.48. The Bertz CT molecular complexity index is 869. The van der Waals surface area contributed by atoms with Gasteiger partial charge in [-0.05, 0) is 48.8 Å². The highest BCUT2D eigenvalue weighted by Crippen LogP contribution is 2.45. The fourth-order valence-electron chi connectivity index (χ4n) is 4.37. The first-order chi connectivity index (χ1) is 14.6. The van der Waals surface area contributed by atoms with E-state index in [1.165, 1.54) is 0 Å². The van der Waals surface area contributed by atoms with Crippen molar-refractivity contribution in [3.8, 4) is 10.7 Å². The summed E-state index contributed by atoms with van der Waals surface area (Å²) in [6.45, 7) is 8.19. The van der Waals surface area contributed by atoms with Crippen LogP contribution in [0.25, 0.3) is 10.7 Å². The van der Waals surface area contributed by atoms with Crippen LogP contribution in [0.4, 0.5) is 8.78 Å². The maximum atomic E-state index is 12.7. The molecule has 0 aromatic carbocycles. The summed E-state index contributed by atoms with van der Waals surface area (Å²) < 4.78 is 25.4. The molecule has 1 aliphatic heterocycles. The van der Waals surface area contributed by atoms with Gasteiger partial charge in [0.25, 0.3) is 0 Å². The van der Waals surface area contributed by atoms with E-state index in [-0.39, 0.29) is 30.6 Å². The Labute approximate surface area is 186 Å². The standard InChI is InChI=1S/C23H31F2N3O2S/c1-22(2,3)16-12-23(21(29)30,9-4-6-19(24)25)15-28(13-16)14-17-7-8-18(31-17)20-26-10-5-11-27-20/h5,7-8,10-11,16,19H,4,6,9,12-15H2,1-3H3,(H,29,30)/t16-,23-/m1/s1. The van der Waals surface area contributed by atoms with Gasteiger partial charge in [-0.2, -0.15) is 0 Å². The minimum absolute atomic E-state index is 0.0689. The van der Waals surface area contributed by atoms with Crippen molar-refractivity contribution in [2.75, 3.05) is 13.1 Å². The predicted molar refractivity (Wildman–Crippen MR) is 118 cm³/mol. The Hall–Kier alpha value is -1.93. The van der Waals surface area contributed by atoms with Crippen LogP contribution in [-0.4, -0.2) is 45.5 Å². The van der Waals surface area contributed by atoms with Gasteiger partial charge in [0.1, 0.15) is 0 Å². The summed E-state index contributed by atoms with van der Waals surface area (Å²) in [5, 5.41) is 10.1. The molecule has 2 aromatic heterocycles. The number of carbonyl (C=O) groups is 1. The van der Waals surface area contributed by atoms with E-state index in [1.54, 1.807) is 29.8 Å². The summed E-state index contributed by atoms with van der Waals surface area (Å²) in [6, 6.07) is 5.81. The van der Waals surface area contributed by atoms with E-state index in [1.807, 2.05) is 12.1 Å². The van der Waals surface area contributed by atoms with Crippen LogP contribution in [0.2, 0.25) is 0 Å². The number of aliphatic carboxylic acids is 1. The lowest BCUT2D eigenvalue weighted by Crippen LogP contribution is -2.53. The molecule has 2 atom stereocenters. The Morgan fingerprint density at radius 3 is 2.65 bits per heavy atom. The zero-order valence-corrected chi connectivity index (χ0v) is 19.2. The minimum Gasteiger partial charge on any atom is -0.481 e. The molecule has 3 rings (SSSR count). The fraction of sp³-hybridized carbons (Fsp3) is 0.609. The van der Waals surface area contributed by atoms with E-state index in [2.05, 4.69) is 35.6 Å². The molecule has 1 N–H and O–H groups in total. The quantitative estimate of drug-likeness (QED) is 0.568. The number of hydrogen-bond donors (Lipinski definition) is 1. The molecule has 5 nitrogen and oxygen atoms in total. The monoisotopic (exact) mass is 451 g/mol. The van der Waals surface area contributed by atoms with Crippen LogP contribution in [0.15, 0.2) is 30.6 Å². The molecule has 0 unspecified atom stereocenters. The van der Waals surface area contributed by atoms with Crippen LogP contribution < -0.4 is 0 Å². The third-order valence-corrected chi connectivity index (χ3v) is 7.29. The highest BCUT2D eigenvalue weighted by Gasteiger charge is 2.47. The largest absolute Gasteiger partial charge is 0.481 e. The number of carboxylic acid groups (broad SMARTS) is 1. The summed E-state index contributed by atoms with van der Waals surface area (Å²) in [5.74, 6) is -0.0251. The van der Waals surface area contributed by atoms with Crippen LogP contribution in [0.3, 0.4) is 0 Å². The minimum atomic E-state index is -2.39. The lowest BCUT2D eigenvalue weighted by atomic mass is 9.65. The average Bonchev–Trinajstić information content (AvgIpc) is 3.16. The molecule has 0 aliphatic carbocycles. The number of piperidine rings is 1. The first kappa shape index (κ1) is 23.7. The summed E-state index contributed by atoms with van der Waals surface area (Å²) in [6.07, 6.45) is 1.81. The van der Waals surface area contributed by atoms with Gasteiger partial charge in [0.15, 0.2) is 5.82 Å². The summed E-state index contributed by atoms with van der Waals surface area (Å²) in [7, 11) is 0. The highest BCUT2D eigenvalue weighted by atomic mass is 32.1. The Morgan fingerprint density at radius 1 is 1.32 bits per heavy atom. The molecule has 1 aliphatic rings. The average molecular weight is 452 g/mol. The SMILES string of the molecule is CC(C)(C)[C@H]1CN(Cc2ccc(-c3ncccn3)s2)C[C@](CCCC(F)F)(C(=O)O)C1. The van der Waals surface area contributed by atoms with Gasteiger partial charge >= 0.3 is 5.97 Å². The number of nitrogens with zero attached hydrogens (tertiary/aromatic N) is 3. The Balaban J connectivity index is 1.80. The van der Waals surface area contributed by atoms with Gasteiger partial charge < -0.3 is 5.11 Å². The second-order valence-electron chi connectivity index (χ2n) is 9.64. The van der Waals surface area contributed by atoms with E-state index >= 15 is 0 Å². The molecule has 1 saturated heterocycles. The molecule has 0 amide bonds. The Kier molecular flexibility index (Phi) is 7.42. The van der Waals surface area contributed by atoms with Crippen LogP contribution in [0, 0.1) is 16.7 Å². The molecular weight excluding hydrogens is 420 g/mol. The number of rotatable bonds is 8. The van der Waals surface area contributed by atoms with Gasteiger partial charge in [0.2, 0.25) is 6.43 Å². The van der Waals surface area contributed by atoms with Gasteiger partial charge in [-0.1, -0.05) is 20.8 Å². The van der Waals surface area contributed by atoms with Crippen LogP contribution in [-0.2, 0) is 11.3 Å². The first-order valence-corrected chi connectivity index (χ1v) is 11.5. The Morgan fingerprint density at radius 2 is 2.03 bits per heavy atom. The van der Waals surface area contributed by atoms with E-state index in [9.17, 15) is 18.7 Å². The normalized spacial score (nSPS) is 22.7. The number of halogens is 2. The number of aromatic nitrogens is 2. The molecule has 0 spiro atoms. The van der Waals surface area contributed by atoms with Crippen LogP contribution in [0.1, 0.15) is 51.3 Å². The van der Waals surface area contributed by atoms with Gasteiger partial charge in [-0.15, -0.1) is 11.3 Å². The van der Waals surface area contributed by atoms with Crippen LogP contribution >= 0.6 is 11.3 Å². The van der Waals surface area contributed by atoms with Crippen molar-refractivity contribution >= 4 is 17.3 Å². The molecule has 170 valence electrons. The maximum absolute atomic E-state index is 12.7. The predicted octanol–water partition coefficient (Wildman–Crippen LogP) is 5.58. The van der Waals surface area contributed by atoms with Crippen molar-refractivity contribution in [2.45, 2.75) is 59.4 Å². The molecule has 0 radical (unpaired) electrons. The first-order valence-electron chi connectivity index (χ1n) is 10.7. The van der Waals surface area contributed by atoms with Gasteiger partial charge in [-0.3, -0.25) is 9.69 Å². The molecule has 3 heterocycles. The van der Waals surface area contributed by atoms with Crippen molar-refractivity contribution in [3.05, 3.63) is 35.5 Å². The molecule has 0 saturated carbocycles. The van der Waals surface area contributed by atoms with Crippen molar-refractivity contribution in [1.29, 1.82) is 0 Å².